The van der Waals surface area contributed by atoms with E-state index in [-0.39, 0.29) is 28.6 Å². The highest BCUT2D eigenvalue weighted by Crippen LogP contribution is 2.28. The van der Waals surface area contributed by atoms with E-state index in [1.54, 1.807) is 18.2 Å². The molecule has 218 valence electrons. The number of benzene rings is 4. The van der Waals surface area contributed by atoms with Crippen LogP contribution >= 0.6 is 11.6 Å². The van der Waals surface area contributed by atoms with Crippen molar-refractivity contribution in [2.75, 3.05) is 17.9 Å². The molecule has 0 aliphatic rings. The molecule has 7 nitrogen and oxygen atoms in total. The molecule has 0 radical (unpaired) electrons. The number of carbonyl (C=O) groups is 2. The lowest BCUT2D eigenvalue weighted by Crippen LogP contribution is -2.53. The largest absolute Gasteiger partial charge is 0.357 e. The van der Waals surface area contributed by atoms with Crippen molar-refractivity contribution in [2.45, 2.75) is 23.9 Å². The lowest BCUT2D eigenvalue weighted by Gasteiger charge is -2.33. The van der Waals surface area contributed by atoms with Crippen molar-refractivity contribution in [3.05, 3.63) is 131 Å². The molecule has 4 rings (SSSR count). The Bertz CT molecular complexity index is 1640. The third kappa shape index (κ3) is 7.32. The fourth-order valence-electron chi connectivity index (χ4n) is 4.40. The second-order valence-corrected chi connectivity index (χ2v) is 11.7. The molecular weight excluding hydrogens is 584 g/mol. The number of sulfonamides is 1. The quantitative estimate of drug-likeness (QED) is 0.253. The topological polar surface area (TPSA) is 86.8 Å². The van der Waals surface area contributed by atoms with Gasteiger partial charge in [-0.1, -0.05) is 72.3 Å². The molecule has 0 aliphatic heterocycles. The summed E-state index contributed by atoms with van der Waals surface area (Å²) in [5, 5.41) is 2.26. The zero-order valence-corrected chi connectivity index (χ0v) is 24.2. The number of nitrogens with zero attached hydrogens (tertiary/aromatic N) is 2. The molecule has 0 aliphatic carbocycles. The normalized spacial score (nSPS) is 11.9. The highest BCUT2D eigenvalue weighted by atomic mass is 35.5. The van der Waals surface area contributed by atoms with Crippen molar-refractivity contribution in [3.63, 3.8) is 0 Å². The van der Waals surface area contributed by atoms with Crippen LogP contribution < -0.4 is 9.62 Å². The van der Waals surface area contributed by atoms with E-state index in [1.165, 1.54) is 66.5 Å². The SMILES string of the molecule is CNC(=O)C(Cc1ccccc1)N(Cc1ccc(F)cc1)C(=O)CN(c1ccc(F)c(Cl)c1)S(=O)(=O)c1ccccc1. The van der Waals surface area contributed by atoms with E-state index in [9.17, 15) is 26.8 Å². The molecule has 0 saturated heterocycles. The number of carbonyl (C=O) groups excluding carboxylic acids is 2. The van der Waals surface area contributed by atoms with Crippen LogP contribution in [-0.4, -0.2) is 44.8 Å². The molecule has 1 unspecified atom stereocenters. The highest BCUT2D eigenvalue weighted by molar-refractivity contribution is 7.92. The van der Waals surface area contributed by atoms with Crippen LogP contribution in [0.15, 0.2) is 108 Å². The van der Waals surface area contributed by atoms with Crippen molar-refractivity contribution in [1.29, 1.82) is 0 Å². The Morgan fingerprint density at radius 1 is 0.857 bits per heavy atom. The maximum absolute atomic E-state index is 14.1. The van der Waals surface area contributed by atoms with Crippen molar-refractivity contribution in [3.8, 4) is 0 Å². The number of rotatable bonds is 11. The molecule has 0 spiro atoms. The number of anilines is 1. The van der Waals surface area contributed by atoms with Gasteiger partial charge in [-0.15, -0.1) is 0 Å². The molecule has 0 bridgehead atoms. The molecule has 0 saturated carbocycles. The number of nitrogens with one attached hydrogen (secondary N) is 1. The van der Waals surface area contributed by atoms with E-state index in [1.807, 2.05) is 18.2 Å². The molecule has 1 N–H and O–H groups in total. The van der Waals surface area contributed by atoms with Crippen molar-refractivity contribution in [2.24, 2.45) is 0 Å². The van der Waals surface area contributed by atoms with E-state index >= 15 is 0 Å². The maximum Gasteiger partial charge on any atom is 0.264 e. The van der Waals surface area contributed by atoms with Crippen LogP contribution in [-0.2, 0) is 32.6 Å². The van der Waals surface area contributed by atoms with E-state index < -0.39 is 46.1 Å². The summed E-state index contributed by atoms with van der Waals surface area (Å²) >= 11 is 6.00. The van der Waals surface area contributed by atoms with Gasteiger partial charge in [-0.25, -0.2) is 17.2 Å². The summed E-state index contributed by atoms with van der Waals surface area (Å²) in [4.78, 5) is 28.5. The van der Waals surface area contributed by atoms with Gasteiger partial charge in [0.05, 0.1) is 15.6 Å². The fourth-order valence-corrected chi connectivity index (χ4v) is 6.00. The van der Waals surface area contributed by atoms with Gasteiger partial charge in [-0.3, -0.25) is 13.9 Å². The Balaban J connectivity index is 1.79. The first kappa shape index (κ1) is 30.7. The van der Waals surface area contributed by atoms with E-state index in [2.05, 4.69) is 5.32 Å². The van der Waals surface area contributed by atoms with E-state index in [4.69, 9.17) is 11.6 Å². The first-order chi connectivity index (χ1) is 20.1. The van der Waals surface area contributed by atoms with Crippen LogP contribution in [0.1, 0.15) is 11.1 Å². The molecule has 0 aromatic heterocycles. The molecule has 2 amide bonds. The monoisotopic (exact) mass is 611 g/mol. The summed E-state index contributed by atoms with van der Waals surface area (Å²) in [5.41, 5.74) is 1.25. The zero-order valence-electron chi connectivity index (χ0n) is 22.6. The van der Waals surface area contributed by atoms with Crippen LogP contribution in [0.2, 0.25) is 5.02 Å². The number of amides is 2. The molecule has 0 heterocycles. The van der Waals surface area contributed by atoms with Gasteiger partial charge >= 0.3 is 0 Å². The lowest BCUT2D eigenvalue weighted by atomic mass is 10.0. The Morgan fingerprint density at radius 3 is 2.07 bits per heavy atom. The van der Waals surface area contributed by atoms with E-state index in [0.717, 1.165) is 22.0 Å². The number of hydrogen-bond acceptors (Lipinski definition) is 4. The highest BCUT2D eigenvalue weighted by Gasteiger charge is 2.34. The van der Waals surface area contributed by atoms with Gasteiger partial charge in [0, 0.05) is 20.0 Å². The predicted octanol–water partition coefficient (Wildman–Crippen LogP) is 5.20. The minimum absolute atomic E-state index is 0.0418. The second-order valence-electron chi connectivity index (χ2n) is 9.39. The van der Waals surface area contributed by atoms with Crippen molar-refractivity contribution < 1.29 is 26.8 Å². The van der Waals surface area contributed by atoms with Gasteiger partial charge in [0.15, 0.2) is 0 Å². The minimum Gasteiger partial charge on any atom is -0.357 e. The van der Waals surface area contributed by atoms with Gasteiger partial charge in [0.2, 0.25) is 11.8 Å². The van der Waals surface area contributed by atoms with Crippen molar-refractivity contribution >= 4 is 39.1 Å². The van der Waals surface area contributed by atoms with Gasteiger partial charge in [0.1, 0.15) is 24.2 Å². The lowest BCUT2D eigenvalue weighted by molar-refractivity contribution is -0.139. The maximum atomic E-state index is 14.1. The van der Waals surface area contributed by atoms with Crippen LogP contribution in [0, 0.1) is 11.6 Å². The van der Waals surface area contributed by atoms with Gasteiger partial charge in [0.25, 0.3) is 10.0 Å². The molecule has 0 fully saturated rings. The number of likely N-dealkylation sites (N-methyl/N-ethyl adjacent to an activating group) is 1. The molecule has 4 aromatic rings. The summed E-state index contributed by atoms with van der Waals surface area (Å²) in [6.45, 7) is -0.851. The molecule has 4 aromatic carbocycles. The average Bonchev–Trinajstić information content (AvgIpc) is 3.00. The molecule has 42 heavy (non-hydrogen) atoms. The summed E-state index contributed by atoms with van der Waals surface area (Å²) in [6.07, 6.45) is 0.126. The Morgan fingerprint density at radius 2 is 1.48 bits per heavy atom. The Hall–Kier alpha value is -4.28. The first-order valence-corrected chi connectivity index (χ1v) is 14.7. The minimum atomic E-state index is -4.35. The van der Waals surface area contributed by atoms with Crippen LogP contribution in [0.5, 0.6) is 0 Å². The summed E-state index contributed by atoms with van der Waals surface area (Å²) < 4.78 is 56.2. The fraction of sp³-hybridized carbons (Fsp3) is 0.161. The molecular formula is C31H28ClF2N3O4S. The Kier molecular flexibility index (Phi) is 9.92. The smallest absolute Gasteiger partial charge is 0.264 e. The standard InChI is InChI=1S/C31H28ClF2N3O4S/c1-35-31(39)29(18-22-8-4-2-5-9-22)36(20-23-12-14-24(33)15-13-23)30(38)21-37(25-16-17-28(34)27(32)19-25)42(40,41)26-10-6-3-7-11-26/h2-17,19,29H,18,20-21H2,1H3,(H,35,39). The molecule has 11 heteroatoms. The second kappa shape index (κ2) is 13.6. The van der Waals surface area contributed by atoms with Gasteiger partial charge in [-0.05, 0) is 53.6 Å². The van der Waals surface area contributed by atoms with Gasteiger partial charge in [-0.2, -0.15) is 0 Å². The zero-order chi connectivity index (χ0) is 30.3. The average molecular weight is 612 g/mol. The van der Waals surface area contributed by atoms with Crippen LogP contribution in [0.25, 0.3) is 0 Å². The molecule has 1 atom stereocenters. The van der Waals surface area contributed by atoms with E-state index in [0.29, 0.717) is 5.56 Å². The third-order valence-electron chi connectivity index (χ3n) is 6.58. The van der Waals surface area contributed by atoms with Crippen molar-refractivity contribution in [1.82, 2.24) is 10.2 Å². The van der Waals surface area contributed by atoms with Crippen LogP contribution in [0.3, 0.4) is 0 Å². The number of hydrogen-bond donors (Lipinski definition) is 1. The third-order valence-corrected chi connectivity index (χ3v) is 8.66. The number of halogens is 3. The van der Waals surface area contributed by atoms with Crippen LogP contribution in [0.4, 0.5) is 14.5 Å². The summed E-state index contributed by atoms with van der Waals surface area (Å²) in [6, 6.07) is 24.2. The first-order valence-electron chi connectivity index (χ1n) is 12.9. The summed E-state index contributed by atoms with van der Waals surface area (Å²) in [7, 11) is -2.91. The van der Waals surface area contributed by atoms with Gasteiger partial charge < -0.3 is 10.2 Å². The Labute approximate surface area is 248 Å². The summed E-state index contributed by atoms with van der Waals surface area (Å²) in [5.74, 6) is -2.43. The predicted molar refractivity (Wildman–Crippen MR) is 157 cm³/mol.